The molecule has 2 nitrogen and oxygen atoms in total. The fourth-order valence-corrected chi connectivity index (χ4v) is 4.94. The number of hydrogen-bond donors (Lipinski definition) is 1. The summed E-state index contributed by atoms with van der Waals surface area (Å²) in [6.07, 6.45) is 12.1. The van der Waals surface area contributed by atoms with Crippen LogP contribution in [0.25, 0.3) is 0 Å². The Morgan fingerprint density at radius 2 is 1.55 bits per heavy atom. The molecule has 0 amide bonds. The summed E-state index contributed by atoms with van der Waals surface area (Å²) in [5.41, 5.74) is 7.15. The fraction of sp³-hybridized carbons (Fsp3) is 1.00. The van der Waals surface area contributed by atoms with Crippen LogP contribution in [0.3, 0.4) is 0 Å². The van der Waals surface area contributed by atoms with Crippen LogP contribution in [0.15, 0.2) is 0 Å². The van der Waals surface area contributed by atoms with E-state index >= 15 is 0 Å². The normalized spacial score (nSPS) is 30.6. The molecular formula is C18H36N2. The first-order valence-electron chi connectivity index (χ1n) is 9.18. The minimum Gasteiger partial charge on any atom is -0.326 e. The van der Waals surface area contributed by atoms with Gasteiger partial charge in [-0.2, -0.15) is 0 Å². The zero-order chi connectivity index (χ0) is 14.6. The maximum atomic E-state index is 6.87. The Balaban J connectivity index is 2.05. The van der Waals surface area contributed by atoms with Crippen LogP contribution in [0.2, 0.25) is 0 Å². The quantitative estimate of drug-likeness (QED) is 0.790. The summed E-state index contributed by atoms with van der Waals surface area (Å²) in [5.74, 6) is 1.74. The van der Waals surface area contributed by atoms with E-state index in [4.69, 9.17) is 5.73 Å². The second-order valence-corrected chi connectivity index (χ2v) is 7.22. The highest BCUT2D eigenvalue weighted by Gasteiger charge is 2.43. The van der Waals surface area contributed by atoms with Crippen molar-refractivity contribution < 1.29 is 0 Å². The van der Waals surface area contributed by atoms with Crippen molar-refractivity contribution in [1.82, 2.24) is 4.90 Å². The van der Waals surface area contributed by atoms with Crippen LogP contribution in [-0.4, -0.2) is 29.6 Å². The van der Waals surface area contributed by atoms with Crippen molar-refractivity contribution in [1.29, 1.82) is 0 Å². The molecule has 1 unspecified atom stereocenters. The molecule has 2 N–H and O–H groups in total. The highest BCUT2D eigenvalue weighted by molar-refractivity contribution is 5.02. The average molecular weight is 280 g/mol. The molecular weight excluding hydrogens is 244 g/mol. The number of rotatable bonds is 6. The van der Waals surface area contributed by atoms with Crippen LogP contribution in [0.1, 0.15) is 78.6 Å². The molecule has 0 radical (unpaired) electrons. The van der Waals surface area contributed by atoms with Crippen molar-refractivity contribution in [3.8, 4) is 0 Å². The molecule has 2 fully saturated rings. The lowest BCUT2D eigenvalue weighted by Crippen LogP contribution is -2.61. The highest BCUT2D eigenvalue weighted by Crippen LogP contribution is 2.39. The van der Waals surface area contributed by atoms with Crippen LogP contribution in [0.4, 0.5) is 0 Å². The van der Waals surface area contributed by atoms with E-state index in [1.54, 1.807) is 0 Å². The summed E-state index contributed by atoms with van der Waals surface area (Å²) in [4.78, 5) is 2.74. The molecule has 1 saturated carbocycles. The molecule has 1 saturated heterocycles. The van der Waals surface area contributed by atoms with Crippen molar-refractivity contribution >= 4 is 0 Å². The Kier molecular flexibility index (Phi) is 5.92. The molecule has 1 heterocycles. The second kappa shape index (κ2) is 7.26. The molecule has 2 heteroatoms. The zero-order valence-corrected chi connectivity index (χ0v) is 14.0. The molecule has 1 aliphatic carbocycles. The van der Waals surface area contributed by atoms with Gasteiger partial charge in [0, 0.05) is 11.6 Å². The molecule has 2 rings (SSSR count). The van der Waals surface area contributed by atoms with Gasteiger partial charge in [-0.3, -0.25) is 4.90 Å². The van der Waals surface area contributed by atoms with Crippen molar-refractivity contribution in [3.63, 3.8) is 0 Å². The van der Waals surface area contributed by atoms with Crippen LogP contribution >= 0.6 is 0 Å². The molecule has 118 valence electrons. The Bertz CT molecular complexity index is 271. The maximum absolute atomic E-state index is 6.87. The number of nitrogens with zero attached hydrogens (tertiary/aromatic N) is 1. The van der Waals surface area contributed by atoms with Gasteiger partial charge in [-0.05, 0) is 63.5 Å². The van der Waals surface area contributed by atoms with Gasteiger partial charge < -0.3 is 5.73 Å². The second-order valence-electron chi connectivity index (χ2n) is 7.22. The van der Waals surface area contributed by atoms with Crippen molar-refractivity contribution in [3.05, 3.63) is 0 Å². The molecule has 1 aliphatic heterocycles. The highest BCUT2D eigenvalue weighted by atomic mass is 15.2. The Morgan fingerprint density at radius 3 is 2.00 bits per heavy atom. The largest absolute Gasteiger partial charge is 0.326 e. The third-order valence-electron chi connectivity index (χ3n) is 6.56. The average Bonchev–Trinajstić information content (AvgIpc) is 3.04. The smallest absolute Gasteiger partial charge is 0.0357 e. The molecule has 0 aromatic carbocycles. The zero-order valence-electron chi connectivity index (χ0n) is 14.0. The third-order valence-corrected chi connectivity index (χ3v) is 6.56. The predicted molar refractivity (Wildman–Crippen MR) is 87.8 cm³/mol. The van der Waals surface area contributed by atoms with Gasteiger partial charge in [0.1, 0.15) is 0 Å². The molecule has 1 atom stereocenters. The number of nitrogens with two attached hydrogens (primary N) is 1. The first-order chi connectivity index (χ1) is 9.67. The van der Waals surface area contributed by atoms with Gasteiger partial charge in [0.05, 0.1) is 0 Å². The van der Waals surface area contributed by atoms with Gasteiger partial charge in [0.2, 0.25) is 0 Å². The summed E-state index contributed by atoms with van der Waals surface area (Å²) in [7, 11) is 0. The minimum atomic E-state index is 0.278. The van der Waals surface area contributed by atoms with Crippen molar-refractivity contribution in [2.24, 2.45) is 17.6 Å². The first kappa shape index (κ1) is 16.3. The van der Waals surface area contributed by atoms with Gasteiger partial charge in [-0.1, -0.05) is 40.0 Å². The van der Waals surface area contributed by atoms with E-state index in [1.165, 1.54) is 70.9 Å². The minimum absolute atomic E-state index is 0.278. The molecule has 0 aromatic rings. The number of likely N-dealkylation sites (tertiary alicyclic amines) is 1. The summed E-state index contributed by atoms with van der Waals surface area (Å²) in [6.45, 7) is 9.62. The maximum Gasteiger partial charge on any atom is 0.0357 e. The summed E-state index contributed by atoms with van der Waals surface area (Å²) >= 11 is 0. The van der Waals surface area contributed by atoms with Crippen molar-refractivity contribution in [2.75, 3.05) is 13.1 Å². The topological polar surface area (TPSA) is 29.3 Å². The summed E-state index contributed by atoms with van der Waals surface area (Å²) < 4.78 is 0. The lowest BCUT2D eigenvalue weighted by molar-refractivity contribution is 0.0412. The molecule has 20 heavy (non-hydrogen) atoms. The molecule has 0 bridgehead atoms. The van der Waals surface area contributed by atoms with Crippen LogP contribution in [0.5, 0.6) is 0 Å². The first-order valence-corrected chi connectivity index (χ1v) is 9.18. The van der Waals surface area contributed by atoms with E-state index in [-0.39, 0.29) is 5.54 Å². The Labute approximate surface area is 126 Å². The van der Waals surface area contributed by atoms with E-state index in [0.29, 0.717) is 6.04 Å². The lowest BCUT2D eigenvalue weighted by Gasteiger charge is -2.49. The fourth-order valence-electron chi connectivity index (χ4n) is 4.94. The van der Waals surface area contributed by atoms with E-state index in [1.807, 2.05) is 0 Å². The lowest BCUT2D eigenvalue weighted by atomic mass is 9.70. The van der Waals surface area contributed by atoms with Gasteiger partial charge in [-0.15, -0.1) is 0 Å². The van der Waals surface area contributed by atoms with Gasteiger partial charge in [0.15, 0.2) is 0 Å². The molecule has 0 aromatic heterocycles. The SMILES string of the molecule is CCC1CCC(C(N)C(CC)(CC)N2CCCC2)CC1. The molecule has 0 spiro atoms. The Hall–Kier alpha value is -0.0800. The van der Waals surface area contributed by atoms with Gasteiger partial charge in [0.25, 0.3) is 0 Å². The Morgan fingerprint density at radius 1 is 1.00 bits per heavy atom. The number of hydrogen-bond acceptors (Lipinski definition) is 2. The van der Waals surface area contributed by atoms with E-state index in [9.17, 15) is 0 Å². The summed E-state index contributed by atoms with van der Waals surface area (Å²) in [5, 5.41) is 0. The monoisotopic (exact) mass is 280 g/mol. The van der Waals surface area contributed by atoms with Gasteiger partial charge in [-0.25, -0.2) is 0 Å². The predicted octanol–water partition coefficient (Wildman–Crippen LogP) is 4.18. The third kappa shape index (κ3) is 3.06. The van der Waals surface area contributed by atoms with Gasteiger partial charge >= 0.3 is 0 Å². The van der Waals surface area contributed by atoms with Crippen LogP contribution < -0.4 is 5.73 Å². The van der Waals surface area contributed by atoms with E-state index < -0.39 is 0 Å². The van der Waals surface area contributed by atoms with Crippen LogP contribution in [0, 0.1) is 11.8 Å². The molecule has 2 aliphatic rings. The van der Waals surface area contributed by atoms with E-state index in [2.05, 4.69) is 25.7 Å². The van der Waals surface area contributed by atoms with Crippen LogP contribution in [-0.2, 0) is 0 Å². The van der Waals surface area contributed by atoms with Crippen molar-refractivity contribution in [2.45, 2.75) is 90.1 Å². The summed E-state index contributed by atoms with van der Waals surface area (Å²) in [6, 6.07) is 0.383. The standard InChI is InChI=1S/C18H36N2/c1-4-15-9-11-16(12-10-15)17(19)18(5-2,6-3)20-13-7-8-14-20/h15-17H,4-14,19H2,1-3H3. The van der Waals surface area contributed by atoms with E-state index in [0.717, 1.165) is 11.8 Å².